The lowest BCUT2D eigenvalue weighted by Gasteiger charge is -2.19. The van der Waals surface area contributed by atoms with Crippen LogP contribution in [0.2, 0.25) is 0 Å². The Morgan fingerprint density at radius 2 is 2.00 bits per heavy atom. The number of nitrogens with one attached hydrogen (secondary N) is 1. The fourth-order valence-corrected chi connectivity index (χ4v) is 4.01. The molecule has 0 aliphatic carbocycles. The Balaban J connectivity index is 1.62. The highest BCUT2D eigenvalue weighted by Gasteiger charge is 2.23. The molecule has 0 radical (unpaired) electrons. The fourth-order valence-electron chi connectivity index (χ4n) is 4.01. The molecule has 0 saturated carbocycles. The summed E-state index contributed by atoms with van der Waals surface area (Å²) in [5, 5.41) is 1.18. The summed E-state index contributed by atoms with van der Waals surface area (Å²) >= 11 is 0. The van der Waals surface area contributed by atoms with Gasteiger partial charge in [-0.25, -0.2) is 4.79 Å². The number of rotatable bonds is 4. The minimum atomic E-state index is -0.721. The van der Waals surface area contributed by atoms with Crippen molar-refractivity contribution in [3.8, 4) is 0 Å². The molecule has 0 atom stereocenters. The van der Waals surface area contributed by atoms with E-state index in [1.807, 2.05) is 17.0 Å². The third-order valence-electron chi connectivity index (χ3n) is 5.34. The number of nitrogens with two attached hydrogens (primary N) is 1. The average Bonchev–Trinajstić information content (AvgIpc) is 2.86. The quantitative estimate of drug-likeness (QED) is 0.660. The zero-order valence-corrected chi connectivity index (χ0v) is 15.8. The van der Waals surface area contributed by atoms with Crippen LogP contribution in [-0.2, 0) is 19.6 Å². The van der Waals surface area contributed by atoms with Crippen molar-refractivity contribution in [1.29, 1.82) is 0 Å². The van der Waals surface area contributed by atoms with Gasteiger partial charge in [0.15, 0.2) is 5.78 Å². The lowest BCUT2D eigenvalue weighted by molar-refractivity contribution is 0.0925. The predicted octanol–water partition coefficient (Wildman–Crippen LogP) is 1.18. The van der Waals surface area contributed by atoms with E-state index in [0.29, 0.717) is 6.54 Å². The molecule has 0 amide bonds. The van der Waals surface area contributed by atoms with Crippen LogP contribution in [0.4, 0.5) is 5.82 Å². The first kappa shape index (κ1) is 18.2. The minimum absolute atomic E-state index is 0.0646. The Labute approximate surface area is 161 Å². The summed E-state index contributed by atoms with van der Waals surface area (Å²) in [6, 6.07) is 10.4. The van der Waals surface area contributed by atoms with Gasteiger partial charge in [-0.15, -0.1) is 0 Å². The van der Waals surface area contributed by atoms with Crippen LogP contribution in [-0.4, -0.2) is 37.9 Å². The van der Waals surface area contributed by atoms with E-state index in [9.17, 15) is 14.4 Å². The topological polar surface area (TPSA) is 106 Å². The van der Waals surface area contributed by atoms with Crippen molar-refractivity contribution in [2.75, 3.05) is 18.8 Å². The monoisotopic (exact) mass is 381 g/mol. The van der Waals surface area contributed by atoms with E-state index in [1.54, 1.807) is 6.92 Å². The van der Waals surface area contributed by atoms with Crippen molar-refractivity contribution in [3.05, 3.63) is 62.4 Å². The number of carbonyl (C=O) groups is 1. The van der Waals surface area contributed by atoms with Gasteiger partial charge in [-0.1, -0.05) is 18.2 Å². The van der Waals surface area contributed by atoms with Gasteiger partial charge in [0, 0.05) is 37.4 Å². The van der Waals surface area contributed by atoms with Crippen LogP contribution in [0.1, 0.15) is 29.4 Å². The van der Waals surface area contributed by atoms with Crippen molar-refractivity contribution in [2.45, 2.75) is 33.0 Å². The van der Waals surface area contributed by atoms with Crippen LogP contribution in [0, 0.1) is 0 Å². The number of anilines is 1. The summed E-state index contributed by atoms with van der Waals surface area (Å²) in [5.41, 5.74) is 6.85. The van der Waals surface area contributed by atoms with Gasteiger partial charge in [0.2, 0.25) is 0 Å². The third-order valence-corrected chi connectivity index (χ3v) is 5.34. The highest BCUT2D eigenvalue weighted by Crippen LogP contribution is 2.24. The Kier molecular flexibility index (Phi) is 4.64. The number of hydrogen-bond donors (Lipinski definition) is 2. The molecule has 3 aromatic rings. The Bertz CT molecular complexity index is 1170. The molecule has 3 heterocycles. The van der Waals surface area contributed by atoms with Gasteiger partial charge in [0.05, 0.1) is 6.54 Å². The molecule has 8 heteroatoms. The number of aromatic nitrogens is 3. The van der Waals surface area contributed by atoms with Crippen molar-refractivity contribution >= 4 is 22.5 Å². The highest BCUT2D eigenvalue weighted by molar-refractivity contribution is 6.01. The highest BCUT2D eigenvalue weighted by atomic mass is 16.2. The summed E-state index contributed by atoms with van der Waals surface area (Å²) in [5.74, 6) is -0.435. The van der Waals surface area contributed by atoms with E-state index in [4.69, 9.17) is 5.73 Å². The summed E-state index contributed by atoms with van der Waals surface area (Å²) in [7, 11) is 0. The standard InChI is InChI=1S/C20H23N5O3/c1-2-24-18(21)17(19(27)22-20(24)28)16(26)12-23-8-5-9-25-14(11-23)10-13-6-3-4-7-15(13)25/h3-4,6-7,10H,2,5,8-9,11-12,21H2,1H3,(H,22,27,28). The number of carbonyl (C=O) groups excluding carboxylic acids is 1. The number of nitrogen functional groups attached to an aromatic ring is 1. The van der Waals surface area contributed by atoms with Gasteiger partial charge in [-0.3, -0.25) is 24.0 Å². The van der Waals surface area contributed by atoms with E-state index in [0.717, 1.165) is 25.2 Å². The zero-order chi connectivity index (χ0) is 19.8. The van der Waals surface area contributed by atoms with E-state index >= 15 is 0 Å². The molecule has 0 saturated heterocycles. The maximum Gasteiger partial charge on any atom is 0.329 e. The number of aryl methyl sites for hydroxylation is 1. The number of Topliss-reactive ketones (excluding diaryl/α,β-unsaturated/α-hetero) is 1. The van der Waals surface area contributed by atoms with E-state index in [-0.39, 0.29) is 30.3 Å². The molecule has 0 bridgehead atoms. The van der Waals surface area contributed by atoms with E-state index < -0.39 is 11.2 Å². The molecule has 4 rings (SSSR count). The third kappa shape index (κ3) is 3.05. The van der Waals surface area contributed by atoms with Gasteiger partial charge in [-0.2, -0.15) is 0 Å². The number of hydrogen-bond acceptors (Lipinski definition) is 5. The van der Waals surface area contributed by atoms with Crippen LogP contribution in [0.5, 0.6) is 0 Å². The van der Waals surface area contributed by atoms with Crippen molar-refractivity contribution in [2.24, 2.45) is 0 Å². The molecule has 3 N–H and O–H groups in total. The first-order chi connectivity index (χ1) is 13.5. The minimum Gasteiger partial charge on any atom is -0.384 e. The Morgan fingerprint density at radius 1 is 1.21 bits per heavy atom. The predicted molar refractivity (Wildman–Crippen MR) is 108 cm³/mol. The molecule has 1 aromatic carbocycles. The normalized spacial score (nSPS) is 14.8. The lowest BCUT2D eigenvalue weighted by Crippen LogP contribution is -2.39. The SMILES string of the molecule is CCn1c(N)c(C(=O)CN2CCCn3c(cc4ccccc43)C2)c(=O)[nH]c1=O. The maximum absolute atomic E-state index is 12.9. The summed E-state index contributed by atoms with van der Waals surface area (Å²) in [6.07, 6.45) is 0.902. The summed E-state index contributed by atoms with van der Waals surface area (Å²) in [6.45, 7) is 4.34. The molecule has 1 aliphatic heterocycles. The smallest absolute Gasteiger partial charge is 0.329 e. The molecule has 0 fully saturated rings. The van der Waals surface area contributed by atoms with Gasteiger partial charge >= 0.3 is 5.69 Å². The van der Waals surface area contributed by atoms with Gasteiger partial charge < -0.3 is 10.3 Å². The number of nitrogens with zero attached hydrogens (tertiary/aromatic N) is 3. The van der Waals surface area contributed by atoms with Gasteiger partial charge in [-0.05, 0) is 30.9 Å². The van der Waals surface area contributed by atoms with Crippen molar-refractivity contribution in [1.82, 2.24) is 19.0 Å². The van der Waals surface area contributed by atoms with Crippen LogP contribution in [0.15, 0.2) is 39.9 Å². The fraction of sp³-hybridized carbons (Fsp3) is 0.350. The average molecular weight is 381 g/mol. The van der Waals surface area contributed by atoms with Crippen LogP contribution >= 0.6 is 0 Å². The number of H-pyrrole nitrogens is 1. The molecular formula is C20H23N5O3. The molecule has 1 aliphatic rings. The largest absolute Gasteiger partial charge is 0.384 e. The van der Waals surface area contributed by atoms with E-state index in [1.165, 1.54) is 15.5 Å². The maximum atomic E-state index is 12.9. The molecule has 0 unspecified atom stereocenters. The number of para-hydroxylation sites is 1. The van der Waals surface area contributed by atoms with Crippen LogP contribution in [0.25, 0.3) is 10.9 Å². The lowest BCUT2D eigenvalue weighted by atomic mass is 10.1. The molecule has 8 nitrogen and oxygen atoms in total. The Morgan fingerprint density at radius 3 is 2.79 bits per heavy atom. The van der Waals surface area contributed by atoms with Gasteiger partial charge in [0.1, 0.15) is 11.4 Å². The van der Waals surface area contributed by atoms with Crippen LogP contribution in [0.3, 0.4) is 0 Å². The summed E-state index contributed by atoms with van der Waals surface area (Å²) in [4.78, 5) is 41.1. The van der Waals surface area contributed by atoms with Crippen LogP contribution < -0.4 is 17.0 Å². The first-order valence-corrected chi connectivity index (χ1v) is 9.45. The number of benzene rings is 1. The summed E-state index contributed by atoms with van der Waals surface area (Å²) < 4.78 is 3.49. The van der Waals surface area contributed by atoms with Crippen molar-refractivity contribution < 1.29 is 4.79 Å². The molecule has 0 spiro atoms. The first-order valence-electron chi connectivity index (χ1n) is 9.45. The van der Waals surface area contributed by atoms with Gasteiger partial charge in [0.25, 0.3) is 5.56 Å². The number of fused-ring (bicyclic) bond motifs is 3. The molecule has 2 aromatic heterocycles. The second-order valence-corrected chi connectivity index (χ2v) is 7.10. The number of aromatic amines is 1. The molecule has 28 heavy (non-hydrogen) atoms. The van der Waals surface area contributed by atoms with Crippen molar-refractivity contribution in [3.63, 3.8) is 0 Å². The second-order valence-electron chi connectivity index (χ2n) is 7.10. The number of ketones is 1. The Hall–Kier alpha value is -3.13. The molecule has 146 valence electrons. The zero-order valence-electron chi connectivity index (χ0n) is 15.8. The van der Waals surface area contributed by atoms with E-state index in [2.05, 4.69) is 27.8 Å². The second kappa shape index (κ2) is 7.12. The molecular weight excluding hydrogens is 358 g/mol.